The molecule has 1 atom stereocenters. The van der Waals surface area contributed by atoms with Crippen LogP contribution < -0.4 is 5.32 Å². The van der Waals surface area contributed by atoms with Crippen molar-refractivity contribution in [3.63, 3.8) is 0 Å². The molecule has 0 fully saturated rings. The third-order valence-corrected chi connectivity index (χ3v) is 3.04. The number of methoxy groups -OCH3 is 1. The Morgan fingerprint density at radius 3 is 2.94 bits per heavy atom. The van der Waals surface area contributed by atoms with E-state index < -0.39 is 0 Å². The number of rotatable bonds is 5. The molecule has 1 unspecified atom stereocenters. The number of nitrogens with one attached hydrogen (secondary N) is 1. The van der Waals surface area contributed by atoms with Crippen LogP contribution in [0.1, 0.15) is 18.2 Å². The number of halogens is 1. The predicted octanol–water partition coefficient (Wildman–Crippen LogP) is 3.38. The van der Waals surface area contributed by atoms with Gasteiger partial charge in [0.1, 0.15) is 11.3 Å². The molecule has 0 aliphatic rings. The summed E-state index contributed by atoms with van der Waals surface area (Å²) < 4.78 is 10.9. The van der Waals surface area contributed by atoms with Gasteiger partial charge in [-0.1, -0.05) is 11.6 Å². The molecule has 2 rings (SSSR count). The van der Waals surface area contributed by atoms with E-state index in [1.54, 1.807) is 7.11 Å². The van der Waals surface area contributed by atoms with Crippen LogP contribution in [0.4, 0.5) is 0 Å². The van der Waals surface area contributed by atoms with Crippen molar-refractivity contribution in [3.8, 4) is 0 Å². The number of hydrogen-bond acceptors (Lipinski definition) is 3. The second kappa shape index (κ2) is 5.54. The molecule has 0 spiro atoms. The minimum absolute atomic E-state index is 0.168. The van der Waals surface area contributed by atoms with Crippen molar-refractivity contribution in [1.82, 2.24) is 5.32 Å². The Labute approximate surface area is 106 Å². The van der Waals surface area contributed by atoms with Gasteiger partial charge in [0.2, 0.25) is 0 Å². The maximum absolute atomic E-state index is 5.95. The van der Waals surface area contributed by atoms with Crippen molar-refractivity contribution in [2.75, 3.05) is 20.8 Å². The first-order valence-electron chi connectivity index (χ1n) is 5.60. The fourth-order valence-electron chi connectivity index (χ4n) is 1.87. The van der Waals surface area contributed by atoms with E-state index in [0.717, 1.165) is 28.2 Å². The Balaban J connectivity index is 2.27. The van der Waals surface area contributed by atoms with Crippen LogP contribution in [-0.2, 0) is 4.74 Å². The number of furan rings is 1. The van der Waals surface area contributed by atoms with Gasteiger partial charge >= 0.3 is 0 Å². The van der Waals surface area contributed by atoms with Crippen LogP contribution in [0.25, 0.3) is 11.0 Å². The molecule has 3 nitrogen and oxygen atoms in total. The first kappa shape index (κ1) is 12.4. The molecule has 92 valence electrons. The molecule has 1 heterocycles. The predicted molar refractivity (Wildman–Crippen MR) is 69.5 cm³/mol. The fraction of sp³-hybridized carbons (Fsp3) is 0.385. The molecule has 0 saturated heterocycles. The Morgan fingerprint density at radius 1 is 1.41 bits per heavy atom. The smallest absolute Gasteiger partial charge is 0.134 e. The van der Waals surface area contributed by atoms with Crippen molar-refractivity contribution in [2.24, 2.45) is 0 Å². The summed E-state index contributed by atoms with van der Waals surface area (Å²) in [5.41, 5.74) is 0.863. The molecule has 1 N–H and O–H groups in total. The highest BCUT2D eigenvalue weighted by Gasteiger charge is 2.14. The second-order valence-corrected chi connectivity index (χ2v) is 4.39. The van der Waals surface area contributed by atoms with E-state index in [-0.39, 0.29) is 6.04 Å². The molecule has 0 saturated carbocycles. The summed E-state index contributed by atoms with van der Waals surface area (Å²) in [7, 11) is 3.62. The highest BCUT2D eigenvalue weighted by molar-refractivity contribution is 6.31. The zero-order chi connectivity index (χ0) is 12.3. The normalized spacial score (nSPS) is 13.1. The molecule has 17 heavy (non-hydrogen) atoms. The quantitative estimate of drug-likeness (QED) is 0.887. The molecular weight excluding hydrogens is 238 g/mol. The van der Waals surface area contributed by atoms with Gasteiger partial charge in [-0.2, -0.15) is 0 Å². The minimum Gasteiger partial charge on any atom is -0.459 e. The van der Waals surface area contributed by atoms with Gasteiger partial charge in [-0.15, -0.1) is 0 Å². The van der Waals surface area contributed by atoms with Gasteiger partial charge in [-0.25, -0.2) is 0 Å². The van der Waals surface area contributed by atoms with Gasteiger partial charge < -0.3 is 14.5 Å². The lowest BCUT2D eigenvalue weighted by atomic mass is 10.1. The van der Waals surface area contributed by atoms with E-state index in [4.69, 9.17) is 20.8 Å². The van der Waals surface area contributed by atoms with E-state index >= 15 is 0 Å². The lowest BCUT2D eigenvalue weighted by Gasteiger charge is -2.12. The SMILES string of the molecule is CNC(CCOC)c1cc2cc(Cl)ccc2o1. The Hall–Kier alpha value is -1.03. The Kier molecular flexibility index (Phi) is 4.05. The monoisotopic (exact) mass is 253 g/mol. The van der Waals surface area contributed by atoms with Crippen LogP contribution in [-0.4, -0.2) is 20.8 Å². The molecule has 2 aromatic rings. The average molecular weight is 254 g/mol. The van der Waals surface area contributed by atoms with E-state index in [0.29, 0.717) is 6.61 Å². The van der Waals surface area contributed by atoms with Gasteiger partial charge in [-0.3, -0.25) is 0 Å². The molecule has 1 aromatic carbocycles. The van der Waals surface area contributed by atoms with Crippen LogP contribution in [0, 0.1) is 0 Å². The van der Waals surface area contributed by atoms with Crippen molar-refractivity contribution < 1.29 is 9.15 Å². The Morgan fingerprint density at radius 2 is 2.24 bits per heavy atom. The number of ether oxygens (including phenoxy) is 1. The molecular formula is C13H16ClNO2. The summed E-state index contributed by atoms with van der Waals surface area (Å²) in [6.07, 6.45) is 0.876. The third-order valence-electron chi connectivity index (χ3n) is 2.80. The lowest BCUT2D eigenvalue weighted by molar-refractivity contribution is 0.180. The van der Waals surface area contributed by atoms with Gasteiger partial charge in [0.15, 0.2) is 0 Å². The van der Waals surface area contributed by atoms with Crippen LogP contribution in [0.5, 0.6) is 0 Å². The van der Waals surface area contributed by atoms with Crippen molar-refractivity contribution >= 4 is 22.6 Å². The molecule has 0 bridgehead atoms. The van der Waals surface area contributed by atoms with Gasteiger partial charge in [0, 0.05) is 24.1 Å². The summed E-state index contributed by atoms with van der Waals surface area (Å²) >= 11 is 5.95. The summed E-state index contributed by atoms with van der Waals surface area (Å²) in [5, 5.41) is 4.98. The molecule has 0 aliphatic heterocycles. The van der Waals surface area contributed by atoms with E-state index in [9.17, 15) is 0 Å². The highest BCUT2D eigenvalue weighted by Crippen LogP contribution is 2.27. The first-order chi connectivity index (χ1) is 8.24. The largest absolute Gasteiger partial charge is 0.459 e. The summed E-state index contributed by atoms with van der Waals surface area (Å²) in [6.45, 7) is 0.698. The molecule has 1 aromatic heterocycles. The minimum atomic E-state index is 0.168. The summed E-state index contributed by atoms with van der Waals surface area (Å²) in [4.78, 5) is 0. The first-order valence-corrected chi connectivity index (χ1v) is 5.97. The average Bonchev–Trinajstić information content (AvgIpc) is 2.72. The molecule has 4 heteroatoms. The maximum Gasteiger partial charge on any atom is 0.134 e. The number of hydrogen-bond donors (Lipinski definition) is 1. The van der Waals surface area contributed by atoms with Gasteiger partial charge in [0.25, 0.3) is 0 Å². The zero-order valence-electron chi connectivity index (χ0n) is 10.00. The third kappa shape index (κ3) is 2.80. The Bertz CT molecular complexity index is 495. The van der Waals surface area contributed by atoms with Crippen molar-refractivity contribution in [2.45, 2.75) is 12.5 Å². The topological polar surface area (TPSA) is 34.4 Å². The zero-order valence-corrected chi connectivity index (χ0v) is 10.8. The summed E-state index contributed by atoms with van der Waals surface area (Å²) in [6, 6.07) is 7.83. The molecule has 0 aliphatic carbocycles. The lowest BCUT2D eigenvalue weighted by Crippen LogP contribution is -2.17. The summed E-state index contributed by atoms with van der Waals surface area (Å²) in [5.74, 6) is 0.918. The van der Waals surface area contributed by atoms with E-state index in [1.165, 1.54) is 0 Å². The van der Waals surface area contributed by atoms with E-state index in [1.807, 2.05) is 31.3 Å². The van der Waals surface area contributed by atoms with Crippen LogP contribution in [0.2, 0.25) is 5.02 Å². The van der Waals surface area contributed by atoms with Crippen molar-refractivity contribution in [3.05, 3.63) is 35.0 Å². The van der Waals surface area contributed by atoms with Gasteiger partial charge in [-0.05, 0) is 37.7 Å². The van der Waals surface area contributed by atoms with Gasteiger partial charge in [0.05, 0.1) is 6.04 Å². The molecule has 0 amide bonds. The van der Waals surface area contributed by atoms with Crippen LogP contribution >= 0.6 is 11.6 Å². The van der Waals surface area contributed by atoms with Crippen molar-refractivity contribution in [1.29, 1.82) is 0 Å². The maximum atomic E-state index is 5.95. The fourth-order valence-corrected chi connectivity index (χ4v) is 2.05. The van der Waals surface area contributed by atoms with Crippen LogP contribution in [0.15, 0.2) is 28.7 Å². The number of fused-ring (bicyclic) bond motifs is 1. The highest BCUT2D eigenvalue weighted by atomic mass is 35.5. The number of benzene rings is 1. The second-order valence-electron chi connectivity index (χ2n) is 3.95. The molecule has 0 radical (unpaired) electrons. The van der Waals surface area contributed by atoms with Crippen LogP contribution in [0.3, 0.4) is 0 Å². The van der Waals surface area contributed by atoms with E-state index in [2.05, 4.69) is 5.32 Å². The standard InChI is InChI=1S/C13H16ClNO2/c1-15-11(5-6-16-2)13-8-9-7-10(14)3-4-12(9)17-13/h3-4,7-8,11,15H,5-6H2,1-2H3.